The summed E-state index contributed by atoms with van der Waals surface area (Å²) in [7, 11) is 3.24. The second kappa shape index (κ2) is 8.75. The molecule has 0 unspecified atom stereocenters. The summed E-state index contributed by atoms with van der Waals surface area (Å²) in [5.41, 5.74) is 1.61. The first-order valence-electron chi connectivity index (χ1n) is 7.35. The zero-order valence-electron chi connectivity index (χ0n) is 13.3. The normalized spacial score (nSPS) is 10.2. The van der Waals surface area contributed by atoms with Gasteiger partial charge in [-0.1, -0.05) is 12.1 Å². The molecule has 1 amide bonds. The van der Waals surface area contributed by atoms with Gasteiger partial charge < -0.3 is 20.1 Å². The SMILES string of the molecule is COc1cccc(CNCCNC(=O)c2ccncc2)c1OC. The average Bonchev–Trinajstić information content (AvgIpc) is 2.61. The molecule has 1 heterocycles. The van der Waals surface area contributed by atoms with Gasteiger partial charge in [-0.05, 0) is 18.2 Å². The zero-order chi connectivity index (χ0) is 16.5. The molecule has 6 nitrogen and oxygen atoms in total. The van der Waals surface area contributed by atoms with E-state index in [1.165, 1.54) is 0 Å². The van der Waals surface area contributed by atoms with E-state index in [0.717, 1.165) is 11.3 Å². The molecule has 0 bridgehead atoms. The van der Waals surface area contributed by atoms with Crippen molar-refractivity contribution in [2.75, 3.05) is 27.3 Å². The first-order valence-corrected chi connectivity index (χ1v) is 7.35. The lowest BCUT2D eigenvalue weighted by Gasteiger charge is -2.13. The number of ether oxygens (including phenoxy) is 2. The molecule has 122 valence electrons. The first kappa shape index (κ1) is 16.8. The predicted molar refractivity (Wildman–Crippen MR) is 87.8 cm³/mol. The Kier molecular flexibility index (Phi) is 6.38. The van der Waals surface area contributed by atoms with E-state index >= 15 is 0 Å². The van der Waals surface area contributed by atoms with Crippen LogP contribution in [0, 0.1) is 0 Å². The molecule has 1 aromatic heterocycles. The quantitative estimate of drug-likeness (QED) is 0.724. The van der Waals surface area contributed by atoms with Crippen molar-refractivity contribution in [1.29, 1.82) is 0 Å². The largest absolute Gasteiger partial charge is 0.493 e. The van der Waals surface area contributed by atoms with Crippen LogP contribution < -0.4 is 20.1 Å². The van der Waals surface area contributed by atoms with Crippen LogP contribution in [0.3, 0.4) is 0 Å². The summed E-state index contributed by atoms with van der Waals surface area (Å²) >= 11 is 0. The van der Waals surface area contributed by atoms with Gasteiger partial charge in [0.05, 0.1) is 14.2 Å². The van der Waals surface area contributed by atoms with Crippen LogP contribution in [0.2, 0.25) is 0 Å². The Bertz CT molecular complexity index is 632. The van der Waals surface area contributed by atoms with Gasteiger partial charge in [-0.15, -0.1) is 0 Å². The molecule has 0 saturated heterocycles. The number of aromatic nitrogens is 1. The van der Waals surface area contributed by atoms with Crippen molar-refractivity contribution in [3.8, 4) is 11.5 Å². The van der Waals surface area contributed by atoms with Crippen LogP contribution >= 0.6 is 0 Å². The number of rotatable bonds is 8. The number of amides is 1. The number of benzene rings is 1. The van der Waals surface area contributed by atoms with Crippen LogP contribution in [-0.4, -0.2) is 38.2 Å². The Morgan fingerprint density at radius 3 is 2.57 bits per heavy atom. The molecule has 0 saturated carbocycles. The first-order chi connectivity index (χ1) is 11.3. The van der Waals surface area contributed by atoms with Gasteiger partial charge in [0, 0.05) is 43.2 Å². The van der Waals surface area contributed by atoms with E-state index in [-0.39, 0.29) is 5.91 Å². The van der Waals surface area contributed by atoms with Gasteiger partial charge in [0.25, 0.3) is 5.91 Å². The third kappa shape index (κ3) is 4.69. The Hall–Kier alpha value is -2.60. The number of nitrogens with one attached hydrogen (secondary N) is 2. The van der Waals surface area contributed by atoms with E-state index in [9.17, 15) is 4.79 Å². The lowest BCUT2D eigenvalue weighted by Crippen LogP contribution is -2.31. The summed E-state index contributed by atoms with van der Waals surface area (Å²) in [5.74, 6) is 1.33. The van der Waals surface area contributed by atoms with Gasteiger partial charge in [-0.2, -0.15) is 0 Å². The number of nitrogens with zero attached hydrogens (tertiary/aromatic N) is 1. The highest BCUT2D eigenvalue weighted by Crippen LogP contribution is 2.30. The van der Waals surface area contributed by atoms with Crippen LogP contribution in [0.15, 0.2) is 42.7 Å². The summed E-state index contributed by atoms with van der Waals surface area (Å²) in [6.07, 6.45) is 3.20. The maximum Gasteiger partial charge on any atom is 0.251 e. The molecule has 1 aromatic carbocycles. The Balaban J connectivity index is 1.77. The lowest BCUT2D eigenvalue weighted by molar-refractivity contribution is 0.0954. The molecule has 6 heteroatoms. The second-order valence-corrected chi connectivity index (χ2v) is 4.82. The number of pyridine rings is 1. The topological polar surface area (TPSA) is 72.5 Å². The van der Waals surface area contributed by atoms with E-state index in [0.29, 0.717) is 30.9 Å². The van der Waals surface area contributed by atoms with Gasteiger partial charge >= 0.3 is 0 Å². The predicted octanol–water partition coefficient (Wildman–Crippen LogP) is 1.62. The molecule has 0 spiro atoms. The fourth-order valence-electron chi connectivity index (χ4n) is 2.19. The summed E-state index contributed by atoms with van der Waals surface area (Å²) < 4.78 is 10.6. The third-order valence-electron chi connectivity index (χ3n) is 3.33. The van der Waals surface area contributed by atoms with Crippen molar-refractivity contribution >= 4 is 5.91 Å². The summed E-state index contributed by atoms with van der Waals surface area (Å²) in [5, 5.41) is 6.12. The lowest BCUT2D eigenvalue weighted by atomic mass is 10.2. The minimum Gasteiger partial charge on any atom is -0.493 e. The van der Waals surface area contributed by atoms with Gasteiger partial charge in [0.15, 0.2) is 11.5 Å². The van der Waals surface area contributed by atoms with Crippen LogP contribution in [0.4, 0.5) is 0 Å². The number of methoxy groups -OCH3 is 2. The third-order valence-corrected chi connectivity index (χ3v) is 3.33. The monoisotopic (exact) mass is 315 g/mol. The van der Waals surface area contributed by atoms with E-state index in [4.69, 9.17) is 9.47 Å². The summed E-state index contributed by atoms with van der Waals surface area (Å²) in [6, 6.07) is 9.12. The van der Waals surface area contributed by atoms with Crippen LogP contribution in [0.1, 0.15) is 15.9 Å². The Morgan fingerprint density at radius 2 is 1.87 bits per heavy atom. The standard InChI is InChI=1S/C17H21N3O3/c1-22-15-5-3-4-14(16(15)23-2)12-19-10-11-20-17(21)13-6-8-18-9-7-13/h3-9,19H,10-12H2,1-2H3,(H,20,21). The van der Waals surface area contributed by atoms with E-state index in [1.807, 2.05) is 18.2 Å². The minimum absolute atomic E-state index is 0.104. The fraction of sp³-hybridized carbons (Fsp3) is 0.294. The molecule has 2 N–H and O–H groups in total. The number of hydrogen-bond donors (Lipinski definition) is 2. The van der Waals surface area contributed by atoms with Gasteiger partial charge in [0.1, 0.15) is 0 Å². The molecular formula is C17H21N3O3. The number of para-hydroxylation sites is 1. The van der Waals surface area contributed by atoms with Crippen molar-refractivity contribution < 1.29 is 14.3 Å². The molecule has 0 aliphatic carbocycles. The van der Waals surface area contributed by atoms with Crippen molar-refractivity contribution in [1.82, 2.24) is 15.6 Å². The highest BCUT2D eigenvalue weighted by molar-refractivity contribution is 5.93. The molecule has 0 fully saturated rings. The molecular weight excluding hydrogens is 294 g/mol. The van der Waals surface area contributed by atoms with E-state index in [1.54, 1.807) is 38.7 Å². The molecule has 2 aromatic rings. The minimum atomic E-state index is -0.104. The maximum atomic E-state index is 11.9. The molecule has 0 aliphatic heterocycles. The fourth-order valence-corrected chi connectivity index (χ4v) is 2.19. The van der Waals surface area contributed by atoms with Crippen molar-refractivity contribution in [3.63, 3.8) is 0 Å². The van der Waals surface area contributed by atoms with Crippen molar-refractivity contribution in [2.24, 2.45) is 0 Å². The molecule has 0 radical (unpaired) electrons. The Labute approximate surface area is 135 Å². The van der Waals surface area contributed by atoms with Gasteiger partial charge in [0.2, 0.25) is 0 Å². The highest BCUT2D eigenvalue weighted by Gasteiger charge is 2.09. The second-order valence-electron chi connectivity index (χ2n) is 4.82. The van der Waals surface area contributed by atoms with E-state index in [2.05, 4.69) is 15.6 Å². The van der Waals surface area contributed by atoms with Crippen LogP contribution in [0.5, 0.6) is 11.5 Å². The van der Waals surface area contributed by atoms with Crippen molar-refractivity contribution in [2.45, 2.75) is 6.54 Å². The average molecular weight is 315 g/mol. The maximum absolute atomic E-state index is 11.9. The highest BCUT2D eigenvalue weighted by atomic mass is 16.5. The Morgan fingerprint density at radius 1 is 1.09 bits per heavy atom. The van der Waals surface area contributed by atoms with Gasteiger partial charge in [-0.3, -0.25) is 9.78 Å². The zero-order valence-corrected chi connectivity index (χ0v) is 13.3. The molecule has 0 aliphatic rings. The number of carbonyl (C=O) groups is 1. The van der Waals surface area contributed by atoms with E-state index < -0.39 is 0 Å². The molecule has 0 atom stereocenters. The van der Waals surface area contributed by atoms with Crippen molar-refractivity contribution in [3.05, 3.63) is 53.9 Å². The van der Waals surface area contributed by atoms with Crippen LogP contribution in [0.25, 0.3) is 0 Å². The molecule has 2 rings (SSSR count). The number of carbonyl (C=O) groups excluding carboxylic acids is 1. The van der Waals surface area contributed by atoms with Gasteiger partial charge in [-0.25, -0.2) is 0 Å². The smallest absolute Gasteiger partial charge is 0.251 e. The summed E-state index contributed by atoms with van der Waals surface area (Å²) in [6.45, 7) is 1.82. The number of hydrogen-bond acceptors (Lipinski definition) is 5. The molecule has 23 heavy (non-hydrogen) atoms. The van der Waals surface area contributed by atoms with Crippen LogP contribution in [-0.2, 0) is 6.54 Å². The summed E-state index contributed by atoms with van der Waals surface area (Å²) in [4.78, 5) is 15.7.